The average Bonchev–Trinajstić information content (AvgIpc) is 2.46. The van der Waals surface area contributed by atoms with Gasteiger partial charge in [0.1, 0.15) is 0 Å². The summed E-state index contributed by atoms with van der Waals surface area (Å²) in [4.78, 5) is 0. The van der Waals surface area contributed by atoms with Crippen LogP contribution in [0.5, 0.6) is 0 Å². The van der Waals surface area contributed by atoms with Crippen molar-refractivity contribution in [1.82, 2.24) is 5.32 Å². The van der Waals surface area contributed by atoms with Crippen LogP contribution in [0.1, 0.15) is 42.5 Å². The Balaban J connectivity index is 2.24. The first-order chi connectivity index (χ1) is 10.1. The van der Waals surface area contributed by atoms with Gasteiger partial charge in [-0.15, -0.1) is 0 Å². The van der Waals surface area contributed by atoms with E-state index in [2.05, 4.69) is 86.6 Å². The van der Waals surface area contributed by atoms with Crippen molar-refractivity contribution in [2.24, 2.45) is 0 Å². The highest BCUT2D eigenvalue weighted by Crippen LogP contribution is 2.28. The lowest BCUT2D eigenvalue weighted by molar-refractivity contribution is 0.690. The van der Waals surface area contributed by atoms with Crippen LogP contribution in [0, 0.1) is 0 Å². The first-order valence-electron chi connectivity index (χ1n) is 7.36. The maximum Gasteiger partial charge on any atom is 0.0575 e. The highest BCUT2D eigenvalue weighted by atomic mass is 79.9. The van der Waals surface area contributed by atoms with E-state index in [1.807, 2.05) is 7.05 Å². The molecule has 112 valence electrons. The van der Waals surface area contributed by atoms with Crippen LogP contribution in [0.4, 0.5) is 0 Å². The van der Waals surface area contributed by atoms with Crippen molar-refractivity contribution in [3.63, 3.8) is 0 Å². The van der Waals surface area contributed by atoms with Crippen LogP contribution in [-0.4, -0.2) is 7.05 Å². The van der Waals surface area contributed by atoms with E-state index in [1.165, 1.54) is 36.0 Å². The minimum atomic E-state index is 0.207. The van der Waals surface area contributed by atoms with Crippen molar-refractivity contribution in [1.29, 1.82) is 0 Å². The molecule has 0 saturated carbocycles. The fourth-order valence-electron chi connectivity index (χ4n) is 2.53. The number of unbranched alkanes of at least 4 members (excludes halogenated alkanes) is 1. The molecule has 0 heterocycles. The third-order valence-corrected chi connectivity index (χ3v) is 4.55. The Kier molecular flexibility index (Phi) is 6.46. The van der Waals surface area contributed by atoms with Gasteiger partial charge in [-0.3, -0.25) is 0 Å². The molecule has 0 aliphatic heterocycles. The standard InChI is InChI=1S/C18H21Br2N/c1-3-4-5-13-6-8-14(9-7-13)18(21-2)15-10-16(19)12-17(20)11-15/h6-12,18,21H,3-5H2,1-2H3. The average molecular weight is 411 g/mol. The van der Waals surface area contributed by atoms with Gasteiger partial charge in [0, 0.05) is 8.95 Å². The van der Waals surface area contributed by atoms with Crippen LogP contribution < -0.4 is 5.32 Å². The summed E-state index contributed by atoms with van der Waals surface area (Å²) in [6, 6.07) is 15.6. The zero-order valence-electron chi connectivity index (χ0n) is 12.5. The molecule has 0 aromatic heterocycles. The molecule has 0 amide bonds. The van der Waals surface area contributed by atoms with Gasteiger partial charge in [-0.25, -0.2) is 0 Å². The molecule has 0 radical (unpaired) electrons. The van der Waals surface area contributed by atoms with Crippen molar-refractivity contribution in [2.45, 2.75) is 32.2 Å². The SMILES string of the molecule is CCCCc1ccc(C(NC)c2cc(Br)cc(Br)c2)cc1. The van der Waals surface area contributed by atoms with Gasteiger partial charge in [-0.05, 0) is 54.8 Å². The van der Waals surface area contributed by atoms with Crippen LogP contribution in [0.2, 0.25) is 0 Å². The molecule has 1 N–H and O–H groups in total. The second kappa shape index (κ2) is 8.11. The van der Waals surface area contributed by atoms with Crippen molar-refractivity contribution in [3.05, 3.63) is 68.1 Å². The Labute approximate surface area is 144 Å². The number of rotatable bonds is 6. The van der Waals surface area contributed by atoms with Gasteiger partial charge in [0.05, 0.1) is 6.04 Å². The maximum atomic E-state index is 3.57. The molecular weight excluding hydrogens is 390 g/mol. The first-order valence-corrected chi connectivity index (χ1v) is 8.94. The predicted molar refractivity (Wildman–Crippen MR) is 97.8 cm³/mol. The van der Waals surface area contributed by atoms with Crippen molar-refractivity contribution < 1.29 is 0 Å². The molecule has 1 nitrogen and oxygen atoms in total. The largest absolute Gasteiger partial charge is 0.309 e. The second-order valence-corrected chi connectivity index (χ2v) is 7.10. The topological polar surface area (TPSA) is 12.0 Å². The number of halogens is 2. The molecule has 0 spiro atoms. The first kappa shape index (κ1) is 16.7. The monoisotopic (exact) mass is 409 g/mol. The molecule has 2 aromatic rings. The van der Waals surface area contributed by atoms with Crippen LogP contribution in [0.25, 0.3) is 0 Å². The molecule has 0 aliphatic rings. The van der Waals surface area contributed by atoms with E-state index in [0.29, 0.717) is 0 Å². The van der Waals surface area contributed by atoms with Crippen LogP contribution >= 0.6 is 31.9 Å². The summed E-state index contributed by atoms with van der Waals surface area (Å²) in [6.45, 7) is 2.23. The molecule has 0 fully saturated rings. The zero-order valence-corrected chi connectivity index (χ0v) is 15.7. The molecule has 1 unspecified atom stereocenters. The van der Waals surface area contributed by atoms with E-state index in [9.17, 15) is 0 Å². The Bertz CT molecular complexity index is 558. The number of nitrogens with one attached hydrogen (secondary N) is 1. The quantitative estimate of drug-likeness (QED) is 0.628. The van der Waals surface area contributed by atoms with Crippen LogP contribution in [-0.2, 0) is 6.42 Å². The lowest BCUT2D eigenvalue weighted by Gasteiger charge is -2.18. The Morgan fingerprint density at radius 1 is 0.952 bits per heavy atom. The van der Waals surface area contributed by atoms with E-state index in [1.54, 1.807) is 0 Å². The molecule has 2 rings (SSSR count). The Morgan fingerprint density at radius 2 is 1.57 bits per heavy atom. The van der Waals surface area contributed by atoms with E-state index in [0.717, 1.165) is 8.95 Å². The zero-order chi connectivity index (χ0) is 15.2. The number of benzene rings is 2. The summed E-state index contributed by atoms with van der Waals surface area (Å²) in [6.07, 6.45) is 3.67. The molecule has 2 aromatic carbocycles. The molecule has 1 atom stereocenters. The lowest BCUT2D eigenvalue weighted by atomic mass is 9.97. The van der Waals surface area contributed by atoms with Gasteiger partial charge in [0.25, 0.3) is 0 Å². The van der Waals surface area contributed by atoms with Gasteiger partial charge < -0.3 is 5.32 Å². The molecular formula is C18H21Br2N. The molecule has 0 aliphatic carbocycles. The number of hydrogen-bond donors (Lipinski definition) is 1. The van der Waals surface area contributed by atoms with Gasteiger partial charge in [-0.2, -0.15) is 0 Å². The number of hydrogen-bond acceptors (Lipinski definition) is 1. The Morgan fingerprint density at radius 3 is 2.10 bits per heavy atom. The molecule has 0 bridgehead atoms. The maximum absolute atomic E-state index is 3.57. The lowest BCUT2D eigenvalue weighted by Crippen LogP contribution is -2.17. The van der Waals surface area contributed by atoms with E-state index in [-0.39, 0.29) is 6.04 Å². The third kappa shape index (κ3) is 4.67. The fourth-order valence-corrected chi connectivity index (χ4v) is 3.85. The normalized spacial score (nSPS) is 12.4. The third-order valence-electron chi connectivity index (χ3n) is 3.64. The van der Waals surface area contributed by atoms with Crippen LogP contribution in [0.3, 0.4) is 0 Å². The smallest absolute Gasteiger partial charge is 0.0575 e. The summed E-state index contributed by atoms with van der Waals surface area (Å²) >= 11 is 7.13. The fraction of sp³-hybridized carbons (Fsp3) is 0.333. The summed E-state index contributed by atoms with van der Waals surface area (Å²) in [5, 5.41) is 3.41. The van der Waals surface area contributed by atoms with Crippen LogP contribution in [0.15, 0.2) is 51.4 Å². The highest BCUT2D eigenvalue weighted by Gasteiger charge is 2.13. The minimum Gasteiger partial charge on any atom is -0.309 e. The summed E-state index contributed by atoms with van der Waals surface area (Å²) < 4.78 is 2.18. The number of aryl methyl sites for hydroxylation is 1. The predicted octanol–water partition coefficient (Wildman–Crippen LogP) is 5.86. The summed E-state index contributed by atoms with van der Waals surface area (Å²) in [7, 11) is 2.00. The molecule has 0 saturated heterocycles. The molecule has 3 heteroatoms. The van der Waals surface area contributed by atoms with Gasteiger partial charge >= 0.3 is 0 Å². The van der Waals surface area contributed by atoms with Gasteiger partial charge in [0.15, 0.2) is 0 Å². The minimum absolute atomic E-state index is 0.207. The second-order valence-electron chi connectivity index (χ2n) is 5.27. The Hall–Kier alpha value is -0.640. The molecule has 21 heavy (non-hydrogen) atoms. The summed E-state index contributed by atoms with van der Waals surface area (Å²) in [5.41, 5.74) is 3.97. The summed E-state index contributed by atoms with van der Waals surface area (Å²) in [5.74, 6) is 0. The van der Waals surface area contributed by atoms with Crippen molar-refractivity contribution >= 4 is 31.9 Å². The van der Waals surface area contributed by atoms with Crippen molar-refractivity contribution in [3.8, 4) is 0 Å². The highest BCUT2D eigenvalue weighted by molar-refractivity contribution is 9.11. The van der Waals surface area contributed by atoms with E-state index >= 15 is 0 Å². The van der Waals surface area contributed by atoms with E-state index in [4.69, 9.17) is 0 Å². The van der Waals surface area contributed by atoms with Crippen molar-refractivity contribution in [2.75, 3.05) is 7.05 Å². The van der Waals surface area contributed by atoms with Gasteiger partial charge in [-0.1, -0.05) is 69.5 Å². The van der Waals surface area contributed by atoms with Gasteiger partial charge in [0.2, 0.25) is 0 Å². The van der Waals surface area contributed by atoms with E-state index < -0.39 is 0 Å².